The number of phenolic OH excluding ortho intramolecular Hbond substituents is 2. The van der Waals surface area contributed by atoms with Crippen LogP contribution in [0.2, 0.25) is 0 Å². The Balaban J connectivity index is 0.000000210. The Hall–Kier alpha value is -1.96. The van der Waals surface area contributed by atoms with Gasteiger partial charge in [0.15, 0.2) is 0 Å². The molecule has 2 aromatic carbocycles. The van der Waals surface area contributed by atoms with E-state index in [-0.39, 0.29) is 0 Å². The van der Waals surface area contributed by atoms with Crippen LogP contribution in [0.25, 0.3) is 0 Å². The molecule has 228 valence electrons. The molecule has 2 aromatic rings. The summed E-state index contributed by atoms with van der Waals surface area (Å²) in [5.74, 6) is 3.12. The van der Waals surface area contributed by atoms with Gasteiger partial charge in [-0.15, -0.1) is 0 Å². The minimum Gasteiger partial charge on any atom is -0.508 e. The Morgan fingerprint density at radius 3 is 1.54 bits per heavy atom. The van der Waals surface area contributed by atoms with E-state index >= 15 is 0 Å². The molecule has 3 aliphatic carbocycles. The molecule has 0 bridgehead atoms. The minimum atomic E-state index is 0.452. The Kier molecular flexibility index (Phi) is 13.9. The van der Waals surface area contributed by atoms with Crippen molar-refractivity contribution in [1.29, 1.82) is 0 Å². The molecule has 2 N–H and O–H groups in total. The number of hydrogen-bond donors (Lipinski definition) is 2. The summed E-state index contributed by atoms with van der Waals surface area (Å²) >= 11 is 0. The monoisotopic (exact) mass is 560 g/mol. The lowest BCUT2D eigenvalue weighted by Crippen LogP contribution is -2.12. The van der Waals surface area contributed by atoms with Crippen LogP contribution >= 0.6 is 0 Å². The third-order valence-electron chi connectivity index (χ3n) is 10.4. The van der Waals surface area contributed by atoms with E-state index in [2.05, 4.69) is 19.1 Å². The molecule has 41 heavy (non-hydrogen) atoms. The molecule has 0 amide bonds. The van der Waals surface area contributed by atoms with Gasteiger partial charge in [-0.2, -0.15) is 0 Å². The second-order valence-electron chi connectivity index (χ2n) is 13.6. The van der Waals surface area contributed by atoms with Gasteiger partial charge in [0.1, 0.15) is 11.5 Å². The van der Waals surface area contributed by atoms with Crippen molar-refractivity contribution in [3.05, 3.63) is 58.7 Å². The van der Waals surface area contributed by atoms with Crippen molar-refractivity contribution >= 4 is 0 Å². The number of rotatable bonds is 11. The lowest BCUT2D eigenvalue weighted by Gasteiger charge is -2.30. The third-order valence-corrected chi connectivity index (χ3v) is 10.4. The van der Waals surface area contributed by atoms with Crippen LogP contribution in [0.4, 0.5) is 0 Å². The summed E-state index contributed by atoms with van der Waals surface area (Å²) in [4.78, 5) is 0. The first-order chi connectivity index (χ1) is 20.2. The van der Waals surface area contributed by atoms with Gasteiger partial charge in [0.05, 0.1) is 0 Å². The molecular formula is C39H60O2. The predicted octanol–water partition coefficient (Wildman–Crippen LogP) is 12.2. The van der Waals surface area contributed by atoms with Crippen molar-refractivity contribution in [3.8, 4) is 11.5 Å². The molecule has 2 heteroatoms. The molecule has 0 aliphatic heterocycles. The fraction of sp³-hybridized carbons (Fsp3) is 0.692. The van der Waals surface area contributed by atoms with E-state index in [1.54, 1.807) is 11.6 Å². The molecular weight excluding hydrogens is 500 g/mol. The molecule has 0 saturated heterocycles. The van der Waals surface area contributed by atoms with Crippen LogP contribution in [0.5, 0.6) is 11.5 Å². The highest BCUT2D eigenvalue weighted by Gasteiger charge is 2.27. The van der Waals surface area contributed by atoms with Crippen molar-refractivity contribution in [2.75, 3.05) is 0 Å². The van der Waals surface area contributed by atoms with E-state index < -0.39 is 0 Å². The lowest BCUT2D eigenvalue weighted by atomic mass is 9.75. The molecule has 3 saturated carbocycles. The molecule has 0 radical (unpaired) electrons. The summed E-state index contributed by atoms with van der Waals surface area (Å²) in [5, 5.41) is 20.8. The van der Waals surface area contributed by atoms with Gasteiger partial charge < -0.3 is 10.2 Å². The largest absolute Gasteiger partial charge is 0.508 e. The summed E-state index contributed by atoms with van der Waals surface area (Å²) in [6.07, 6.45) is 30.5. The third kappa shape index (κ3) is 10.1. The van der Waals surface area contributed by atoms with Gasteiger partial charge in [-0.1, -0.05) is 134 Å². The van der Waals surface area contributed by atoms with Crippen LogP contribution in [0, 0.1) is 0 Å². The van der Waals surface area contributed by atoms with Gasteiger partial charge in [0.25, 0.3) is 0 Å². The van der Waals surface area contributed by atoms with E-state index in [0.717, 1.165) is 17.9 Å². The normalized spacial score (nSPS) is 19.0. The number of benzene rings is 2. The highest BCUT2D eigenvalue weighted by atomic mass is 16.3. The second-order valence-corrected chi connectivity index (χ2v) is 13.6. The quantitative estimate of drug-likeness (QED) is 0.268. The van der Waals surface area contributed by atoms with Crippen molar-refractivity contribution in [3.63, 3.8) is 0 Å². The Bertz CT molecular complexity index is 953. The standard InChI is InChI=1S/C24H36O.C15H24O/c25-24-22(19-12-6-2-7-13-19)16-21(18-10-4-1-5-11-18)17-23(24)20-14-8-3-9-15-20;1-2-3-4-5-6-7-8-11-14-12-9-10-13-15(14)16/h16-20,25H,1-15H2;9-10,12-13,16H,2-8,11H2,1H3. The zero-order chi connectivity index (χ0) is 28.7. The minimum absolute atomic E-state index is 0.452. The summed E-state index contributed by atoms with van der Waals surface area (Å²) in [6.45, 7) is 2.25. The topological polar surface area (TPSA) is 40.5 Å². The number of phenols is 2. The molecule has 0 atom stereocenters. The first-order valence-electron chi connectivity index (χ1n) is 17.8. The van der Waals surface area contributed by atoms with E-state index in [1.807, 2.05) is 18.2 Å². The van der Waals surface area contributed by atoms with Crippen molar-refractivity contribution < 1.29 is 10.2 Å². The van der Waals surface area contributed by atoms with Crippen molar-refractivity contribution in [2.24, 2.45) is 0 Å². The second kappa shape index (κ2) is 17.9. The average Bonchev–Trinajstić information content (AvgIpc) is 3.03. The summed E-state index contributed by atoms with van der Waals surface area (Å²) in [7, 11) is 0. The summed E-state index contributed by atoms with van der Waals surface area (Å²) in [6, 6.07) is 12.5. The van der Waals surface area contributed by atoms with Crippen molar-refractivity contribution in [1.82, 2.24) is 0 Å². The average molecular weight is 561 g/mol. The van der Waals surface area contributed by atoms with Crippen molar-refractivity contribution in [2.45, 2.75) is 172 Å². The van der Waals surface area contributed by atoms with Crippen LogP contribution in [0.1, 0.15) is 188 Å². The maximum atomic E-state index is 11.2. The number of aromatic hydroxyl groups is 2. The molecule has 5 rings (SSSR count). The van der Waals surface area contributed by atoms with Gasteiger partial charge >= 0.3 is 0 Å². The molecule has 2 nitrogen and oxygen atoms in total. The smallest absolute Gasteiger partial charge is 0.122 e. The van der Waals surface area contributed by atoms with Gasteiger partial charge in [0.2, 0.25) is 0 Å². The predicted molar refractivity (Wildman–Crippen MR) is 175 cm³/mol. The fourth-order valence-electron chi connectivity index (χ4n) is 7.82. The number of unbranched alkanes of at least 4 members (excludes halogenated alkanes) is 6. The van der Waals surface area contributed by atoms with Gasteiger partial charge in [-0.05, 0) is 97.4 Å². The molecule has 0 spiro atoms. The Morgan fingerprint density at radius 1 is 0.561 bits per heavy atom. The van der Waals surface area contributed by atoms with Gasteiger partial charge in [-0.3, -0.25) is 0 Å². The molecule has 0 heterocycles. The van der Waals surface area contributed by atoms with E-state index in [1.165, 1.54) is 152 Å². The molecule has 3 fully saturated rings. The van der Waals surface area contributed by atoms with E-state index in [9.17, 15) is 10.2 Å². The van der Waals surface area contributed by atoms with Crippen LogP contribution in [0.15, 0.2) is 36.4 Å². The number of hydrogen-bond acceptors (Lipinski definition) is 2. The van der Waals surface area contributed by atoms with Gasteiger partial charge in [-0.25, -0.2) is 0 Å². The van der Waals surface area contributed by atoms with E-state index in [0.29, 0.717) is 23.3 Å². The Labute approximate surface area is 252 Å². The SMILES string of the molecule is CCCCCCCCCc1ccccc1O.Oc1c(C2CCCCC2)cc(C2CCCCC2)cc1C1CCCCC1. The van der Waals surface area contributed by atoms with Gasteiger partial charge in [0, 0.05) is 0 Å². The highest BCUT2D eigenvalue weighted by Crippen LogP contribution is 2.46. The highest BCUT2D eigenvalue weighted by molar-refractivity contribution is 5.48. The Morgan fingerprint density at radius 2 is 1.02 bits per heavy atom. The summed E-state index contributed by atoms with van der Waals surface area (Å²) < 4.78 is 0. The maximum absolute atomic E-state index is 11.2. The zero-order valence-electron chi connectivity index (χ0n) is 26.4. The summed E-state index contributed by atoms with van der Waals surface area (Å²) in [5.41, 5.74) is 5.31. The molecule has 3 aliphatic rings. The molecule has 0 aromatic heterocycles. The molecule has 0 unspecified atom stereocenters. The van der Waals surface area contributed by atoms with Crippen LogP contribution in [-0.4, -0.2) is 10.2 Å². The van der Waals surface area contributed by atoms with E-state index in [4.69, 9.17) is 0 Å². The lowest BCUT2D eigenvalue weighted by molar-refractivity contribution is 0.390. The number of aryl methyl sites for hydroxylation is 1. The fourth-order valence-corrected chi connectivity index (χ4v) is 7.82. The zero-order valence-corrected chi connectivity index (χ0v) is 26.4. The number of para-hydroxylation sites is 1. The maximum Gasteiger partial charge on any atom is 0.122 e. The van der Waals surface area contributed by atoms with Crippen LogP contribution < -0.4 is 0 Å². The van der Waals surface area contributed by atoms with Crippen LogP contribution in [-0.2, 0) is 6.42 Å². The first-order valence-corrected chi connectivity index (χ1v) is 17.8. The van der Waals surface area contributed by atoms with Crippen LogP contribution in [0.3, 0.4) is 0 Å². The first kappa shape index (κ1) is 32.0.